The van der Waals surface area contributed by atoms with Crippen LogP contribution in [0.1, 0.15) is 39.7 Å². The first-order chi connectivity index (χ1) is 16.0. The Morgan fingerprint density at radius 1 is 1.18 bits per heavy atom. The predicted octanol–water partition coefficient (Wildman–Crippen LogP) is 3.84. The number of likely N-dealkylation sites (N-methyl/N-ethyl adjacent to an activating group) is 2. The lowest BCUT2D eigenvalue weighted by Gasteiger charge is -2.18. The highest BCUT2D eigenvalue weighted by molar-refractivity contribution is 7.18. The van der Waals surface area contributed by atoms with Crippen molar-refractivity contribution in [1.29, 1.82) is 0 Å². The van der Waals surface area contributed by atoms with Crippen LogP contribution in [-0.2, 0) is 0 Å². The molecule has 11 heteroatoms. The van der Waals surface area contributed by atoms with Crippen LogP contribution in [0.2, 0.25) is 0 Å². The molecule has 0 aliphatic heterocycles. The van der Waals surface area contributed by atoms with Gasteiger partial charge < -0.3 is 25.6 Å². The molecule has 2 heterocycles. The number of carbonyl (C=O) groups excluding carboxylic acids is 2. The number of thiazole rings is 2. The molecular weight excluding hydrogens is 472 g/mol. The third-order valence-electron chi connectivity index (χ3n) is 4.81. The number of carbonyl (C=O) groups is 2. The predicted molar refractivity (Wildman–Crippen MR) is 137 cm³/mol. The first kappa shape index (κ1) is 25.6. The van der Waals surface area contributed by atoms with Crippen molar-refractivity contribution in [1.82, 2.24) is 19.8 Å². The van der Waals surface area contributed by atoms with Gasteiger partial charge in [0.05, 0.1) is 28.1 Å². The van der Waals surface area contributed by atoms with Crippen LogP contribution in [0, 0.1) is 6.92 Å². The van der Waals surface area contributed by atoms with Crippen LogP contribution in [0.15, 0.2) is 23.6 Å². The molecule has 9 nitrogen and oxygen atoms in total. The Hall–Kier alpha value is -3.02. The molecule has 182 valence electrons. The molecule has 34 heavy (non-hydrogen) atoms. The third-order valence-corrected chi connectivity index (χ3v) is 6.74. The van der Waals surface area contributed by atoms with E-state index in [1.54, 1.807) is 30.1 Å². The van der Waals surface area contributed by atoms with E-state index >= 15 is 0 Å². The fraction of sp³-hybridized carbons (Fsp3) is 0.391. The Balaban J connectivity index is 1.82. The van der Waals surface area contributed by atoms with E-state index in [1.165, 1.54) is 22.7 Å². The van der Waals surface area contributed by atoms with Crippen molar-refractivity contribution >= 4 is 45.3 Å². The van der Waals surface area contributed by atoms with E-state index in [4.69, 9.17) is 10.5 Å². The van der Waals surface area contributed by atoms with Gasteiger partial charge in [0.2, 0.25) is 5.91 Å². The van der Waals surface area contributed by atoms with Crippen LogP contribution in [0.5, 0.6) is 5.75 Å². The van der Waals surface area contributed by atoms with Crippen molar-refractivity contribution in [3.05, 3.63) is 39.8 Å². The summed E-state index contributed by atoms with van der Waals surface area (Å²) in [6.07, 6.45) is -0.0431. The highest BCUT2D eigenvalue weighted by Gasteiger charge is 2.21. The normalized spacial score (nSPS) is 11.2. The molecule has 0 aliphatic carbocycles. The average Bonchev–Trinajstić information content (AvgIpc) is 3.38. The molecular formula is C23H30N6O3S2. The first-order valence-electron chi connectivity index (χ1n) is 10.8. The van der Waals surface area contributed by atoms with Gasteiger partial charge in [-0.1, -0.05) is 0 Å². The average molecular weight is 503 g/mol. The van der Waals surface area contributed by atoms with E-state index in [0.29, 0.717) is 33.7 Å². The van der Waals surface area contributed by atoms with E-state index in [-0.39, 0.29) is 12.0 Å². The number of benzene rings is 1. The standard InChI is InChI=1S/C23H30N6O3S2/c1-13(2)32-18-8-7-15(20(24)30)11-16(18)26-23-27-17(12-33-23)19-14(3)25-21(34-19)22(31)29(6)10-9-28(4)5/h7-8,11-13H,9-10H2,1-6H3,(H2,24,30)(H,26,27). The van der Waals surface area contributed by atoms with Crippen LogP contribution in [0.4, 0.5) is 10.8 Å². The number of hydrogen-bond acceptors (Lipinski definition) is 9. The lowest BCUT2D eigenvalue weighted by atomic mass is 10.1. The fourth-order valence-corrected chi connectivity index (χ4v) is 4.84. The number of nitrogens with two attached hydrogens (primary N) is 1. The van der Waals surface area contributed by atoms with E-state index in [2.05, 4.69) is 15.3 Å². The zero-order chi connectivity index (χ0) is 25.0. The molecule has 3 rings (SSSR count). The van der Waals surface area contributed by atoms with Crippen molar-refractivity contribution < 1.29 is 14.3 Å². The van der Waals surface area contributed by atoms with Gasteiger partial charge in [0.1, 0.15) is 5.75 Å². The molecule has 0 spiro atoms. The summed E-state index contributed by atoms with van der Waals surface area (Å²) >= 11 is 2.74. The highest BCUT2D eigenvalue weighted by atomic mass is 32.1. The lowest BCUT2D eigenvalue weighted by molar-refractivity contribution is 0.0785. The minimum absolute atomic E-state index is 0.0431. The number of ether oxygens (including phenoxy) is 1. The van der Waals surface area contributed by atoms with Crippen LogP contribution < -0.4 is 15.8 Å². The smallest absolute Gasteiger partial charge is 0.282 e. The van der Waals surface area contributed by atoms with E-state index < -0.39 is 5.91 Å². The Kier molecular flexibility index (Phi) is 8.24. The van der Waals surface area contributed by atoms with Crippen molar-refractivity contribution in [2.45, 2.75) is 26.9 Å². The number of aromatic nitrogens is 2. The van der Waals surface area contributed by atoms with Crippen molar-refractivity contribution in [2.75, 3.05) is 39.5 Å². The second-order valence-electron chi connectivity index (χ2n) is 8.37. The van der Waals surface area contributed by atoms with Gasteiger partial charge in [-0.3, -0.25) is 9.59 Å². The van der Waals surface area contributed by atoms with Crippen LogP contribution >= 0.6 is 22.7 Å². The van der Waals surface area contributed by atoms with Crippen molar-refractivity contribution in [3.8, 4) is 16.3 Å². The minimum atomic E-state index is -0.521. The zero-order valence-electron chi connectivity index (χ0n) is 20.2. The first-order valence-corrected chi connectivity index (χ1v) is 12.5. The minimum Gasteiger partial charge on any atom is -0.489 e. The maximum atomic E-state index is 12.8. The summed E-state index contributed by atoms with van der Waals surface area (Å²) < 4.78 is 5.86. The summed E-state index contributed by atoms with van der Waals surface area (Å²) in [7, 11) is 5.73. The second kappa shape index (κ2) is 10.9. The van der Waals surface area contributed by atoms with Gasteiger partial charge >= 0.3 is 0 Å². The molecule has 3 aromatic rings. The maximum Gasteiger partial charge on any atom is 0.282 e. The molecule has 0 saturated carbocycles. The third kappa shape index (κ3) is 6.31. The summed E-state index contributed by atoms with van der Waals surface area (Å²) in [5.74, 6) is -0.0279. The van der Waals surface area contributed by atoms with Crippen molar-refractivity contribution in [2.24, 2.45) is 5.73 Å². The largest absolute Gasteiger partial charge is 0.489 e. The molecule has 0 aliphatic rings. The number of amides is 2. The lowest BCUT2D eigenvalue weighted by Crippen LogP contribution is -2.33. The van der Waals surface area contributed by atoms with E-state index in [9.17, 15) is 9.59 Å². The zero-order valence-corrected chi connectivity index (χ0v) is 21.8. The monoisotopic (exact) mass is 502 g/mol. The molecule has 1 aromatic carbocycles. The molecule has 2 amide bonds. The number of aryl methyl sites for hydroxylation is 1. The fourth-order valence-electron chi connectivity index (χ4n) is 3.03. The van der Waals surface area contributed by atoms with E-state index in [0.717, 1.165) is 22.8 Å². The summed E-state index contributed by atoms with van der Waals surface area (Å²) in [6, 6.07) is 5.00. The number of rotatable bonds is 10. The molecule has 0 atom stereocenters. The number of nitrogens with zero attached hydrogens (tertiary/aromatic N) is 4. The van der Waals surface area contributed by atoms with Gasteiger partial charge in [-0.25, -0.2) is 9.97 Å². The number of hydrogen-bond donors (Lipinski definition) is 2. The van der Waals surface area contributed by atoms with Crippen LogP contribution in [0.25, 0.3) is 10.6 Å². The topological polar surface area (TPSA) is 114 Å². The molecule has 0 saturated heterocycles. The Labute approximate surface area is 207 Å². The number of primary amides is 1. The van der Waals surface area contributed by atoms with Gasteiger partial charge in [0.15, 0.2) is 10.1 Å². The van der Waals surface area contributed by atoms with Gasteiger partial charge in [-0.15, -0.1) is 22.7 Å². The SMILES string of the molecule is Cc1nc(C(=O)N(C)CCN(C)C)sc1-c1csc(Nc2cc(C(N)=O)ccc2OC(C)C)n1. The molecule has 0 unspecified atom stereocenters. The summed E-state index contributed by atoms with van der Waals surface area (Å²) in [4.78, 5) is 38.2. The van der Waals surface area contributed by atoms with Crippen LogP contribution in [0.3, 0.4) is 0 Å². The molecule has 2 aromatic heterocycles. The van der Waals surface area contributed by atoms with Gasteiger partial charge in [-0.2, -0.15) is 0 Å². The van der Waals surface area contributed by atoms with Gasteiger partial charge in [0, 0.05) is 31.1 Å². The molecule has 0 bridgehead atoms. The van der Waals surface area contributed by atoms with Gasteiger partial charge in [0.25, 0.3) is 5.91 Å². The summed E-state index contributed by atoms with van der Waals surface area (Å²) in [5.41, 5.74) is 7.91. The Morgan fingerprint density at radius 3 is 2.56 bits per heavy atom. The van der Waals surface area contributed by atoms with Crippen molar-refractivity contribution in [3.63, 3.8) is 0 Å². The second-order valence-corrected chi connectivity index (χ2v) is 10.2. The maximum absolute atomic E-state index is 12.8. The number of nitrogens with one attached hydrogen (secondary N) is 1. The Morgan fingerprint density at radius 2 is 1.91 bits per heavy atom. The highest BCUT2D eigenvalue weighted by Crippen LogP contribution is 2.36. The Bertz CT molecular complexity index is 1170. The van der Waals surface area contributed by atoms with Crippen LogP contribution in [-0.4, -0.2) is 71.9 Å². The molecule has 0 fully saturated rings. The quantitative estimate of drug-likeness (QED) is 0.433. The summed E-state index contributed by atoms with van der Waals surface area (Å²) in [6.45, 7) is 7.13. The summed E-state index contributed by atoms with van der Waals surface area (Å²) in [5, 5.41) is 6.21. The number of anilines is 2. The van der Waals surface area contributed by atoms with E-state index in [1.807, 2.05) is 45.1 Å². The van der Waals surface area contributed by atoms with Gasteiger partial charge in [-0.05, 0) is 53.1 Å². The molecule has 3 N–H and O–H groups in total. The molecule has 0 radical (unpaired) electrons.